The summed E-state index contributed by atoms with van der Waals surface area (Å²) in [6, 6.07) is 12.9. The lowest BCUT2D eigenvalue weighted by Crippen LogP contribution is -2.18. The molecule has 0 fully saturated rings. The third kappa shape index (κ3) is 2.30. The van der Waals surface area contributed by atoms with Crippen LogP contribution in [0.25, 0.3) is 10.9 Å². The van der Waals surface area contributed by atoms with E-state index in [-0.39, 0.29) is 16.9 Å². The second-order valence-electron chi connectivity index (χ2n) is 4.56. The molecule has 3 aromatic rings. The molecule has 2 N–H and O–H groups in total. The van der Waals surface area contributed by atoms with E-state index >= 15 is 0 Å². The Kier molecular flexibility index (Phi) is 3.23. The number of benzene rings is 2. The highest BCUT2D eigenvalue weighted by atomic mass is 35.5. The summed E-state index contributed by atoms with van der Waals surface area (Å²) in [5, 5.41) is 11.2. The van der Waals surface area contributed by atoms with Crippen molar-refractivity contribution in [1.29, 1.82) is 0 Å². The predicted octanol–water partition coefficient (Wildman–Crippen LogP) is 3.12. The molecule has 2 aromatic carbocycles. The largest absolute Gasteiger partial charge is 0.506 e. The molecule has 0 saturated carbocycles. The van der Waals surface area contributed by atoms with Gasteiger partial charge in [0, 0.05) is 16.0 Å². The van der Waals surface area contributed by atoms with Gasteiger partial charge in [0.15, 0.2) is 0 Å². The smallest absolute Gasteiger partial charge is 0.263 e. The number of aromatic nitrogens is 1. The number of carbonyl (C=O) groups is 1. The van der Waals surface area contributed by atoms with Gasteiger partial charge in [-0.3, -0.25) is 9.59 Å². The molecule has 0 saturated heterocycles. The Morgan fingerprint density at radius 1 is 1.05 bits per heavy atom. The Morgan fingerprint density at radius 3 is 2.43 bits per heavy atom. The first-order valence-corrected chi connectivity index (χ1v) is 6.60. The highest BCUT2D eigenvalue weighted by molar-refractivity contribution is 6.30. The molecule has 0 aliphatic heterocycles. The molecule has 0 radical (unpaired) electrons. The Morgan fingerprint density at radius 2 is 1.71 bits per heavy atom. The Balaban J connectivity index is 2.22. The van der Waals surface area contributed by atoms with Crippen LogP contribution in [0.5, 0.6) is 5.75 Å². The van der Waals surface area contributed by atoms with E-state index in [4.69, 9.17) is 11.6 Å². The van der Waals surface area contributed by atoms with E-state index in [1.165, 1.54) is 12.1 Å². The van der Waals surface area contributed by atoms with Crippen LogP contribution >= 0.6 is 11.6 Å². The summed E-state index contributed by atoms with van der Waals surface area (Å²) in [4.78, 5) is 27.1. The molecule has 3 rings (SSSR count). The number of aromatic hydroxyl groups is 1. The van der Waals surface area contributed by atoms with Gasteiger partial charge in [0.1, 0.15) is 11.3 Å². The van der Waals surface area contributed by atoms with Crippen molar-refractivity contribution in [2.75, 3.05) is 0 Å². The van der Waals surface area contributed by atoms with Crippen molar-refractivity contribution in [3.8, 4) is 5.75 Å². The zero-order valence-corrected chi connectivity index (χ0v) is 11.5. The maximum absolute atomic E-state index is 12.4. The number of aromatic amines is 1. The second kappa shape index (κ2) is 5.07. The standard InChI is InChI=1S/C16H10ClNO3/c17-10-7-5-9(6-8-10)14(19)13-15(20)11-3-1-2-4-12(11)18-16(13)21/h1-8H,(H2,18,20,21). The lowest BCUT2D eigenvalue weighted by Gasteiger charge is -2.06. The van der Waals surface area contributed by atoms with Crippen LogP contribution in [-0.4, -0.2) is 15.9 Å². The van der Waals surface area contributed by atoms with Crippen LogP contribution in [0.15, 0.2) is 53.3 Å². The first-order chi connectivity index (χ1) is 10.1. The van der Waals surface area contributed by atoms with E-state index in [0.29, 0.717) is 15.9 Å². The minimum atomic E-state index is -0.619. The minimum Gasteiger partial charge on any atom is -0.506 e. The lowest BCUT2D eigenvalue weighted by atomic mass is 10.0. The van der Waals surface area contributed by atoms with Crippen LogP contribution in [0.4, 0.5) is 0 Å². The van der Waals surface area contributed by atoms with E-state index < -0.39 is 11.3 Å². The van der Waals surface area contributed by atoms with Crippen LogP contribution in [0.2, 0.25) is 5.02 Å². The normalized spacial score (nSPS) is 10.7. The summed E-state index contributed by atoms with van der Waals surface area (Å²) in [6.45, 7) is 0. The zero-order chi connectivity index (χ0) is 15.0. The molecule has 0 amide bonds. The summed E-state index contributed by atoms with van der Waals surface area (Å²) in [7, 11) is 0. The van der Waals surface area contributed by atoms with Gasteiger partial charge >= 0.3 is 0 Å². The van der Waals surface area contributed by atoms with Crippen LogP contribution < -0.4 is 5.56 Å². The van der Waals surface area contributed by atoms with Gasteiger partial charge in [-0.25, -0.2) is 0 Å². The van der Waals surface area contributed by atoms with Gasteiger partial charge in [-0.05, 0) is 36.4 Å². The number of carbonyl (C=O) groups excluding carboxylic acids is 1. The Labute approximate surface area is 124 Å². The lowest BCUT2D eigenvalue weighted by molar-refractivity contribution is 0.103. The maximum Gasteiger partial charge on any atom is 0.263 e. The molecule has 0 atom stereocenters. The fraction of sp³-hybridized carbons (Fsp3) is 0. The van der Waals surface area contributed by atoms with Gasteiger partial charge in [0.2, 0.25) is 5.78 Å². The summed E-state index contributed by atoms with van der Waals surface area (Å²) in [6.07, 6.45) is 0. The molecular formula is C16H10ClNO3. The first kappa shape index (κ1) is 13.4. The van der Waals surface area contributed by atoms with Gasteiger partial charge in [-0.15, -0.1) is 0 Å². The van der Waals surface area contributed by atoms with Crippen molar-refractivity contribution in [1.82, 2.24) is 4.98 Å². The van der Waals surface area contributed by atoms with Crippen molar-refractivity contribution < 1.29 is 9.90 Å². The monoisotopic (exact) mass is 299 g/mol. The van der Waals surface area contributed by atoms with Gasteiger partial charge in [-0.1, -0.05) is 23.7 Å². The number of hydrogen-bond donors (Lipinski definition) is 2. The van der Waals surface area contributed by atoms with E-state index in [2.05, 4.69) is 4.98 Å². The van der Waals surface area contributed by atoms with Crippen molar-refractivity contribution >= 4 is 28.3 Å². The molecule has 0 spiro atoms. The molecule has 4 nitrogen and oxygen atoms in total. The molecule has 5 heteroatoms. The maximum atomic E-state index is 12.4. The molecular weight excluding hydrogens is 290 g/mol. The SMILES string of the molecule is O=C(c1ccc(Cl)cc1)c1c(O)c2ccccc2[nH]c1=O. The summed E-state index contributed by atoms with van der Waals surface area (Å²) in [5.74, 6) is -0.856. The highest BCUT2D eigenvalue weighted by Gasteiger charge is 2.20. The van der Waals surface area contributed by atoms with E-state index in [1.54, 1.807) is 36.4 Å². The second-order valence-corrected chi connectivity index (χ2v) is 5.00. The molecule has 1 heterocycles. The van der Waals surface area contributed by atoms with Crippen LogP contribution in [-0.2, 0) is 0 Å². The van der Waals surface area contributed by atoms with Crippen molar-refractivity contribution in [2.24, 2.45) is 0 Å². The number of rotatable bonds is 2. The predicted molar refractivity (Wildman–Crippen MR) is 81.1 cm³/mol. The Hall–Kier alpha value is -2.59. The van der Waals surface area contributed by atoms with Gasteiger partial charge in [-0.2, -0.15) is 0 Å². The van der Waals surface area contributed by atoms with Gasteiger partial charge in [0.05, 0.1) is 5.52 Å². The van der Waals surface area contributed by atoms with Gasteiger partial charge in [0.25, 0.3) is 5.56 Å². The topological polar surface area (TPSA) is 70.2 Å². The Bertz CT molecular complexity index is 898. The molecule has 0 bridgehead atoms. The molecule has 0 unspecified atom stereocenters. The van der Waals surface area contributed by atoms with E-state index in [1.807, 2.05) is 0 Å². The van der Waals surface area contributed by atoms with Crippen LogP contribution in [0.3, 0.4) is 0 Å². The highest BCUT2D eigenvalue weighted by Crippen LogP contribution is 2.26. The molecule has 0 aliphatic rings. The third-order valence-electron chi connectivity index (χ3n) is 3.23. The average Bonchev–Trinajstić information content (AvgIpc) is 2.48. The fourth-order valence-corrected chi connectivity index (χ4v) is 2.31. The minimum absolute atomic E-state index is 0.268. The molecule has 0 aliphatic carbocycles. The number of para-hydroxylation sites is 1. The van der Waals surface area contributed by atoms with E-state index in [0.717, 1.165) is 0 Å². The summed E-state index contributed by atoms with van der Waals surface area (Å²) >= 11 is 5.77. The number of ketones is 1. The third-order valence-corrected chi connectivity index (χ3v) is 3.48. The van der Waals surface area contributed by atoms with Crippen molar-refractivity contribution in [2.45, 2.75) is 0 Å². The van der Waals surface area contributed by atoms with Crippen LogP contribution in [0.1, 0.15) is 15.9 Å². The first-order valence-electron chi connectivity index (χ1n) is 6.22. The fourth-order valence-electron chi connectivity index (χ4n) is 2.18. The summed E-state index contributed by atoms with van der Waals surface area (Å²) < 4.78 is 0. The molecule has 21 heavy (non-hydrogen) atoms. The molecule has 104 valence electrons. The zero-order valence-electron chi connectivity index (χ0n) is 10.8. The average molecular weight is 300 g/mol. The van der Waals surface area contributed by atoms with Crippen molar-refractivity contribution in [3.05, 3.63) is 75.0 Å². The van der Waals surface area contributed by atoms with Crippen LogP contribution in [0, 0.1) is 0 Å². The quantitative estimate of drug-likeness (QED) is 0.714. The number of H-pyrrole nitrogens is 1. The van der Waals surface area contributed by atoms with Gasteiger partial charge < -0.3 is 10.1 Å². The van der Waals surface area contributed by atoms with E-state index in [9.17, 15) is 14.7 Å². The number of hydrogen-bond acceptors (Lipinski definition) is 3. The number of pyridine rings is 1. The number of nitrogens with one attached hydrogen (secondary N) is 1. The molecule has 1 aromatic heterocycles. The summed E-state index contributed by atoms with van der Waals surface area (Å²) in [5.41, 5.74) is -0.120. The van der Waals surface area contributed by atoms with Crippen molar-refractivity contribution in [3.63, 3.8) is 0 Å². The number of fused-ring (bicyclic) bond motifs is 1. The number of halogens is 1.